The Morgan fingerprint density at radius 1 is 1.03 bits per heavy atom. The Kier molecular flexibility index (Phi) is 4.70. The predicted molar refractivity (Wildman–Crippen MR) is 110 cm³/mol. The Morgan fingerprint density at radius 2 is 1.62 bits per heavy atom. The number of nitrogens with zero attached hydrogens (tertiary/aromatic N) is 3. The van der Waals surface area contributed by atoms with Gasteiger partial charge in [0, 0.05) is 19.5 Å². The van der Waals surface area contributed by atoms with E-state index in [1.165, 1.54) is 4.68 Å². The topological polar surface area (TPSA) is 75.4 Å². The van der Waals surface area contributed by atoms with Gasteiger partial charge in [-0.15, -0.1) is 0 Å². The van der Waals surface area contributed by atoms with Crippen LogP contribution in [-0.2, 0) is 0 Å². The first-order valence-electron chi connectivity index (χ1n) is 9.56. The number of aromatic hydroxyl groups is 1. The second kappa shape index (κ2) is 7.20. The number of aryl methyl sites for hydroxylation is 2. The molecule has 0 aliphatic carbocycles. The molecule has 0 saturated carbocycles. The maximum atomic E-state index is 12.7. The molecule has 4 rings (SSSR count). The van der Waals surface area contributed by atoms with Gasteiger partial charge >= 0.3 is 0 Å². The van der Waals surface area contributed by atoms with Crippen LogP contribution < -0.4 is 5.43 Å². The van der Waals surface area contributed by atoms with Crippen LogP contribution in [-0.4, -0.2) is 39.3 Å². The number of carbonyl (C=O) groups excluding carboxylic acids is 1. The summed E-state index contributed by atoms with van der Waals surface area (Å²) in [7, 11) is 1.68. The van der Waals surface area contributed by atoms with Crippen LogP contribution >= 0.6 is 0 Å². The highest BCUT2D eigenvalue weighted by molar-refractivity contribution is 5.95. The monoisotopic (exact) mass is 389 g/mol. The van der Waals surface area contributed by atoms with E-state index in [9.17, 15) is 14.7 Å². The van der Waals surface area contributed by atoms with Gasteiger partial charge in [0.15, 0.2) is 11.4 Å². The third kappa shape index (κ3) is 3.31. The summed E-state index contributed by atoms with van der Waals surface area (Å²) in [6, 6.07) is 16.2. The minimum absolute atomic E-state index is 0.0541. The van der Waals surface area contributed by atoms with Crippen LogP contribution in [0, 0.1) is 13.8 Å². The standard InChI is InChI=1S/C23H23N3O3/c1-14-6-4-8-16(10-14)20(17-9-5-7-15(2)11-17)18-13-25(3)23(29)21-22(28)19(27)12-24-26(18)21/h4-12,18,20,28H,13H2,1-3H3. The van der Waals surface area contributed by atoms with E-state index in [0.29, 0.717) is 6.54 Å². The average molecular weight is 389 g/mol. The highest BCUT2D eigenvalue weighted by atomic mass is 16.3. The quantitative estimate of drug-likeness (QED) is 0.747. The molecule has 1 unspecified atom stereocenters. The van der Waals surface area contributed by atoms with Crippen molar-refractivity contribution in [3.8, 4) is 5.75 Å². The average Bonchev–Trinajstić information content (AvgIpc) is 2.68. The summed E-state index contributed by atoms with van der Waals surface area (Å²) in [5, 5.41) is 14.6. The van der Waals surface area contributed by atoms with Gasteiger partial charge in [0.25, 0.3) is 5.91 Å². The molecule has 148 valence electrons. The van der Waals surface area contributed by atoms with Crippen molar-refractivity contribution in [1.29, 1.82) is 0 Å². The molecule has 0 bridgehead atoms. The Morgan fingerprint density at radius 3 is 2.17 bits per heavy atom. The number of carbonyl (C=O) groups is 1. The van der Waals surface area contributed by atoms with E-state index in [4.69, 9.17) is 0 Å². The van der Waals surface area contributed by atoms with Gasteiger partial charge in [-0.3, -0.25) is 14.3 Å². The van der Waals surface area contributed by atoms with E-state index in [2.05, 4.69) is 29.4 Å². The summed E-state index contributed by atoms with van der Waals surface area (Å²) in [6.07, 6.45) is 1.08. The summed E-state index contributed by atoms with van der Waals surface area (Å²) in [5.74, 6) is -1.07. The molecule has 3 aromatic rings. The van der Waals surface area contributed by atoms with Gasteiger partial charge in [-0.1, -0.05) is 59.7 Å². The zero-order valence-electron chi connectivity index (χ0n) is 16.7. The molecule has 0 fully saturated rings. The van der Waals surface area contributed by atoms with E-state index in [-0.39, 0.29) is 17.7 Å². The van der Waals surface area contributed by atoms with Crippen LogP contribution in [0.4, 0.5) is 0 Å². The van der Waals surface area contributed by atoms with Crippen LogP contribution in [0.2, 0.25) is 0 Å². The molecule has 0 spiro atoms. The number of aromatic nitrogens is 2. The van der Waals surface area contributed by atoms with Crippen LogP contribution in [0.15, 0.2) is 59.5 Å². The first kappa shape index (κ1) is 18.9. The molecule has 1 aromatic heterocycles. The lowest BCUT2D eigenvalue weighted by molar-refractivity contribution is 0.0686. The lowest BCUT2D eigenvalue weighted by atomic mass is 9.83. The van der Waals surface area contributed by atoms with Gasteiger partial charge < -0.3 is 10.0 Å². The summed E-state index contributed by atoms with van der Waals surface area (Å²) < 4.78 is 1.52. The molecule has 1 atom stereocenters. The maximum Gasteiger partial charge on any atom is 0.275 e. The SMILES string of the molecule is Cc1cccc(C(c2cccc(C)c2)C2CN(C)C(=O)c3c(O)c(=O)cnn32)c1. The van der Waals surface area contributed by atoms with Gasteiger partial charge in [0.2, 0.25) is 5.43 Å². The summed E-state index contributed by atoms with van der Waals surface area (Å²) >= 11 is 0. The second-order valence-corrected chi connectivity index (χ2v) is 7.71. The Balaban J connectivity index is 1.97. The fourth-order valence-electron chi connectivity index (χ4n) is 4.14. The van der Waals surface area contributed by atoms with Gasteiger partial charge in [0.1, 0.15) is 0 Å². The van der Waals surface area contributed by atoms with Crippen molar-refractivity contribution in [2.75, 3.05) is 13.6 Å². The Bertz CT molecular complexity index is 1110. The fraction of sp³-hybridized carbons (Fsp3) is 0.261. The van der Waals surface area contributed by atoms with Crippen molar-refractivity contribution in [2.45, 2.75) is 25.8 Å². The normalized spacial score (nSPS) is 16.2. The van der Waals surface area contributed by atoms with Gasteiger partial charge in [-0.2, -0.15) is 5.10 Å². The van der Waals surface area contributed by atoms with Crippen LogP contribution in [0.1, 0.15) is 44.7 Å². The minimum atomic E-state index is -0.652. The Hall–Kier alpha value is -3.41. The van der Waals surface area contributed by atoms with Crippen molar-refractivity contribution >= 4 is 5.91 Å². The number of fused-ring (bicyclic) bond motifs is 1. The van der Waals surface area contributed by atoms with E-state index in [1.807, 2.05) is 38.1 Å². The number of hydrogen-bond donors (Lipinski definition) is 1. The third-order valence-electron chi connectivity index (χ3n) is 5.50. The highest BCUT2D eigenvalue weighted by Crippen LogP contribution is 2.39. The molecule has 1 amide bonds. The van der Waals surface area contributed by atoms with E-state index in [1.54, 1.807) is 11.9 Å². The first-order valence-corrected chi connectivity index (χ1v) is 9.56. The van der Waals surface area contributed by atoms with Gasteiger partial charge in [-0.25, -0.2) is 0 Å². The van der Waals surface area contributed by atoms with Crippen LogP contribution in [0.25, 0.3) is 0 Å². The molecule has 0 radical (unpaired) electrons. The lowest BCUT2D eigenvalue weighted by Gasteiger charge is -2.37. The third-order valence-corrected chi connectivity index (χ3v) is 5.50. The molecule has 29 heavy (non-hydrogen) atoms. The van der Waals surface area contributed by atoms with Gasteiger partial charge in [-0.05, 0) is 25.0 Å². The molecule has 1 aliphatic heterocycles. The molecular formula is C23H23N3O3. The van der Waals surface area contributed by atoms with E-state index >= 15 is 0 Å². The molecule has 2 heterocycles. The largest absolute Gasteiger partial charge is 0.502 e. The van der Waals surface area contributed by atoms with Crippen molar-refractivity contribution in [3.05, 3.63) is 92.9 Å². The number of likely N-dealkylation sites (N-methyl/N-ethyl adjacent to an activating group) is 1. The summed E-state index contributed by atoms with van der Waals surface area (Å²) in [5.41, 5.74) is 3.75. The summed E-state index contributed by atoms with van der Waals surface area (Å²) in [4.78, 5) is 26.2. The molecule has 0 saturated heterocycles. The molecule has 6 nitrogen and oxygen atoms in total. The zero-order chi connectivity index (χ0) is 20.7. The molecule has 1 aliphatic rings. The smallest absolute Gasteiger partial charge is 0.275 e. The van der Waals surface area contributed by atoms with Crippen molar-refractivity contribution in [3.63, 3.8) is 0 Å². The summed E-state index contributed by atoms with van der Waals surface area (Å²) in [6.45, 7) is 4.50. The molecule has 1 N–H and O–H groups in total. The van der Waals surface area contributed by atoms with Crippen LogP contribution in [0.5, 0.6) is 5.75 Å². The molecule has 6 heteroatoms. The van der Waals surface area contributed by atoms with Crippen molar-refractivity contribution in [2.24, 2.45) is 0 Å². The number of rotatable bonds is 3. The van der Waals surface area contributed by atoms with E-state index < -0.39 is 17.1 Å². The van der Waals surface area contributed by atoms with Crippen molar-refractivity contribution < 1.29 is 9.90 Å². The number of hydrogen-bond acceptors (Lipinski definition) is 4. The molecular weight excluding hydrogens is 366 g/mol. The number of benzene rings is 2. The molecule has 2 aromatic carbocycles. The minimum Gasteiger partial charge on any atom is -0.502 e. The fourth-order valence-corrected chi connectivity index (χ4v) is 4.14. The second-order valence-electron chi connectivity index (χ2n) is 7.71. The first-order chi connectivity index (χ1) is 13.9. The zero-order valence-corrected chi connectivity index (χ0v) is 16.7. The highest BCUT2D eigenvalue weighted by Gasteiger charge is 2.38. The predicted octanol–water partition coefficient (Wildman–Crippen LogP) is 3.02. The number of amides is 1. The van der Waals surface area contributed by atoms with E-state index in [0.717, 1.165) is 28.5 Å². The van der Waals surface area contributed by atoms with Crippen molar-refractivity contribution in [1.82, 2.24) is 14.7 Å². The van der Waals surface area contributed by atoms with Crippen LogP contribution in [0.3, 0.4) is 0 Å². The maximum absolute atomic E-state index is 12.7. The van der Waals surface area contributed by atoms with Gasteiger partial charge in [0.05, 0.1) is 12.2 Å². The lowest BCUT2D eigenvalue weighted by Crippen LogP contribution is -2.45. The Labute approximate surface area is 169 Å².